The molecule has 1 heterocycles. The Morgan fingerprint density at radius 1 is 0.871 bits per heavy atom. The maximum Gasteiger partial charge on any atom is 0.429 e. The van der Waals surface area contributed by atoms with Gasteiger partial charge in [0.05, 0.1) is 0 Å². The summed E-state index contributed by atoms with van der Waals surface area (Å²) in [6.45, 7) is 4.47. The molecule has 0 unspecified atom stereocenters. The van der Waals surface area contributed by atoms with Gasteiger partial charge in [-0.15, -0.1) is 0 Å². The van der Waals surface area contributed by atoms with E-state index in [4.69, 9.17) is 9.47 Å². The van der Waals surface area contributed by atoms with Crippen LogP contribution in [0.2, 0.25) is 0 Å². The number of hydrogen-bond acceptors (Lipinski definition) is 5. The minimum Gasteiger partial charge on any atom is -0.458 e. The lowest BCUT2D eigenvalue weighted by Gasteiger charge is -2.29. The Labute approximate surface area is 182 Å². The van der Waals surface area contributed by atoms with Crippen LogP contribution in [0.15, 0.2) is 60.7 Å². The number of hydrogen-bond donors (Lipinski definition) is 0. The third kappa shape index (κ3) is 6.07. The van der Waals surface area contributed by atoms with Gasteiger partial charge in [-0.05, 0) is 17.5 Å². The summed E-state index contributed by atoms with van der Waals surface area (Å²) in [5.74, 6) is -1.02. The Hall–Kier alpha value is -3.35. The number of carbonyl (C=O) groups is 3. The molecule has 31 heavy (non-hydrogen) atoms. The van der Waals surface area contributed by atoms with Crippen LogP contribution in [0.3, 0.4) is 0 Å². The van der Waals surface area contributed by atoms with Crippen molar-refractivity contribution >= 4 is 18.0 Å². The van der Waals surface area contributed by atoms with Crippen LogP contribution in [0.5, 0.6) is 0 Å². The van der Waals surface area contributed by atoms with Crippen LogP contribution >= 0.6 is 0 Å². The number of nitrogens with zero attached hydrogens (tertiary/aromatic N) is 2. The molecule has 0 bridgehead atoms. The van der Waals surface area contributed by atoms with Crippen LogP contribution in [-0.2, 0) is 32.1 Å². The lowest BCUT2D eigenvalue weighted by Crippen LogP contribution is -2.48. The molecule has 0 radical (unpaired) electrons. The number of rotatable bonds is 7. The fraction of sp³-hybridized carbons (Fsp3) is 0.375. The van der Waals surface area contributed by atoms with Gasteiger partial charge in [0.1, 0.15) is 6.61 Å². The van der Waals surface area contributed by atoms with Crippen molar-refractivity contribution in [3.63, 3.8) is 0 Å². The second-order valence-electron chi connectivity index (χ2n) is 7.75. The van der Waals surface area contributed by atoms with Crippen LogP contribution in [0.25, 0.3) is 0 Å². The van der Waals surface area contributed by atoms with Crippen molar-refractivity contribution in [3.8, 4) is 0 Å². The SMILES string of the molecule is CC(C)C(=O)N1CCCN1C(=O)O[C@@H](Cc1ccccc1)C(=O)OCc1ccccc1. The molecule has 1 saturated heterocycles. The summed E-state index contributed by atoms with van der Waals surface area (Å²) in [4.78, 5) is 38.1. The highest BCUT2D eigenvalue weighted by Crippen LogP contribution is 2.18. The van der Waals surface area contributed by atoms with Gasteiger partial charge in [-0.1, -0.05) is 74.5 Å². The third-order valence-electron chi connectivity index (χ3n) is 4.98. The fourth-order valence-electron chi connectivity index (χ4n) is 3.33. The number of benzene rings is 2. The van der Waals surface area contributed by atoms with E-state index in [1.54, 1.807) is 13.8 Å². The second-order valence-corrected chi connectivity index (χ2v) is 7.75. The van der Waals surface area contributed by atoms with Crippen molar-refractivity contribution in [2.75, 3.05) is 13.1 Å². The van der Waals surface area contributed by atoms with E-state index in [0.717, 1.165) is 11.1 Å². The molecule has 2 amide bonds. The zero-order valence-electron chi connectivity index (χ0n) is 17.9. The summed E-state index contributed by atoms with van der Waals surface area (Å²) in [6, 6.07) is 18.6. The quantitative estimate of drug-likeness (QED) is 0.635. The molecule has 0 aromatic heterocycles. The number of ether oxygens (including phenoxy) is 2. The molecule has 0 aliphatic carbocycles. The minimum atomic E-state index is -1.12. The maximum absolute atomic E-state index is 12.9. The van der Waals surface area contributed by atoms with E-state index in [2.05, 4.69) is 0 Å². The summed E-state index contributed by atoms with van der Waals surface area (Å²) in [5, 5.41) is 2.69. The normalized spacial score (nSPS) is 14.4. The van der Waals surface area contributed by atoms with Crippen molar-refractivity contribution in [1.82, 2.24) is 10.0 Å². The van der Waals surface area contributed by atoms with Gasteiger partial charge < -0.3 is 9.47 Å². The smallest absolute Gasteiger partial charge is 0.429 e. The van der Waals surface area contributed by atoms with Gasteiger partial charge in [-0.25, -0.2) is 19.6 Å². The molecular formula is C24H28N2O5. The first-order valence-electron chi connectivity index (χ1n) is 10.5. The van der Waals surface area contributed by atoms with Gasteiger partial charge in [0.25, 0.3) is 0 Å². The van der Waals surface area contributed by atoms with Gasteiger partial charge in [-0.3, -0.25) is 4.79 Å². The average Bonchev–Trinajstić information content (AvgIpc) is 3.28. The van der Waals surface area contributed by atoms with Crippen molar-refractivity contribution in [2.45, 2.75) is 39.4 Å². The van der Waals surface area contributed by atoms with Crippen LogP contribution in [-0.4, -0.2) is 47.2 Å². The molecule has 7 nitrogen and oxygen atoms in total. The Morgan fingerprint density at radius 2 is 1.45 bits per heavy atom. The van der Waals surface area contributed by atoms with Crippen molar-refractivity contribution in [3.05, 3.63) is 71.8 Å². The zero-order chi connectivity index (χ0) is 22.2. The lowest BCUT2D eigenvalue weighted by molar-refractivity contribution is -0.157. The molecule has 3 rings (SSSR count). The van der Waals surface area contributed by atoms with E-state index in [9.17, 15) is 14.4 Å². The molecule has 7 heteroatoms. The highest BCUT2D eigenvalue weighted by molar-refractivity contribution is 5.83. The largest absolute Gasteiger partial charge is 0.458 e. The number of carbonyl (C=O) groups excluding carboxylic acids is 3. The summed E-state index contributed by atoms with van der Waals surface area (Å²) < 4.78 is 11.0. The van der Waals surface area contributed by atoms with E-state index in [1.807, 2.05) is 60.7 Å². The Bertz CT molecular complexity index is 885. The molecule has 1 aliphatic heterocycles. The first-order chi connectivity index (χ1) is 15.0. The predicted octanol–water partition coefficient (Wildman–Crippen LogP) is 3.58. The van der Waals surface area contributed by atoms with E-state index in [-0.39, 0.29) is 24.9 Å². The van der Waals surface area contributed by atoms with E-state index in [1.165, 1.54) is 10.0 Å². The highest BCUT2D eigenvalue weighted by atomic mass is 16.6. The average molecular weight is 424 g/mol. The van der Waals surface area contributed by atoms with Crippen LogP contribution in [0.4, 0.5) is 4.79 Å². The van der Waals surface area contributed by atoms with Crippen molar-refractivity contribution < 1.29 is 23.9 Å². The number of amides is 2. The van der Waals surface area contributed by atoms with Crippen LogP contribution in [0.1, 0.15) is 31.4 Å². The first-order valence-corrected chi connectivity index (χ1v) is 10.5. The highest BCUT2D eigenvalue weighted by Gasteiger charge is 2.35. The van der Waals surface area contributed by atoms with Crippen molar-refractivity contribution in [2.24, 2.45) is 5.92 Å². The Morgan fingerprint density at radius 3 is 2.06 bits per heavy atom. The van der Waals surface area contributed by atoms with Gasteiger partial charge in [-0.2, -0.15) is 0 Å². The minimum absolute atomic E-state index is 0.0875. The summed E-state index contributed by atoms with van der Waals surface area (Å²) in [5.41, 5.74) is 1.68. The monoisotopic (exact) mass is 424 g/mol. The molecule has 0 spiro atoms. The van der Waals surface area contributed by atoms with Gasteiger partial charge >= 0.3 is 12.1 Å². The molecule has 1 aliphatic rings. The molecular weight excluding hydrogens is 396 g/mol. The summed E-state index contributed by atoms with van der Waals surface area (Å²) >= 11 is 0. The predicted molar refractivity (Wildman–Crippen MR) is 115 cm³/mol. The molecule has 2 aromatic carbocycles. The number of hydrazine groups is 1. The van der Waals surface area contributed by atoms with E-state index >= 15 is 0 Å². The molecule has 0 N–H and O–H groups in total. The topological polar surface area (TPSA) is 76.2 Å². The van der Waals surface area contributed by atoms with E-state index in [0.29, 0.717) is 19.5 Å². The van der Waals surface area contributed by atoms with Crippen molar-refractivity contribution in [1.29, 1.82) is 0 Å². The van der Waals surface area contributed by atoms with Gasteiger partial charge in [0.15, 0.2) is 0 Å². The molecule has 0 saturated carbocycles. The molecule has 1 fully saturated rings. The van der Waals surface area contributed by atoms with Gasteiger partial charge in [0, 0.05) is 25.4 Å². The standard InChI is InChI=1S/C24H28N2O5/c1-18(2)22(27)25-14-9-15-26(25)24(29)31-21(16-19-10-5-3-6-11-19)23(28)30-17-20-12-7-4-8-13-20/h3-8,10-13,18,21H,9,14-17H2,1-2H3/t21-/m0/s1. The lowest BCUT2D eigenvalue weighted by atomic mass is 10.1. The van der Waals surface area contributed by atoms with Crippen LogP contribution < -0.4 is 0 Å². The molecule has 164 valence electrons. The Balaban J connectivity index is 1.70. The van der Waals surface area contributed by atoms with Crippen LogP contribution in [0, 0.1) is 5.92 Å². The Kier molecular flexibility index (Phi) is 7.65. The van der Waals surface area contributed by atoms with Gasteiger partial charge in [0.2, 0.25) is 12.0 Å². The molecule has 1 atom stereocenters. The molecule has 2 aromatic rings. The summed E-state index contributed by atoms with van der Waals surface area (Å²) in [7, 11) is 0. The maximum atomic E-state index is 12.9. The summed E-state index contributed by atoms with van der Waals surface area (Å²) in [6.07, 6.45) is -0.985. The third-order valence-corrected chi connectivity index (χ3v) is 4.98. The number of esters is 1. The van der Waals surface area contributed by atoms with E-state index < -0.39 is 18.2 Å². The second kappa shape index (κ2) is 10.6. The zero-order valence-corrected chi connectivity index (χ0v) is 17.9. The fourth-order valence-corrected chi connectivity index (χ4v) is 3.33. The first kappa shape index (κ1) is 22.3.